The van der Waals surface area contributed by atoms with Gasteiger partial charge in [0.25, 0.3) is 0 Å². The highest BCUT2D eigenvalue weighted by molar-refractivity contribution is 5.95. The molecule has 0 saturated carbocycles. The van der Waals surface area contributed by atoms with Gasteiger partial charge < -0.3 is 26.3 Å². The Kier molecular flexibility index (Phi) is 6.51. The summed E-state index contributed by atoms with van der Waals surface area (Å²) in [7, 11) is 3.56. The molecule has 34 heavy (non-hydrogen) atoms. The minimum atomic E-state index is -0.526. The Labute approximate surface area is 195 Å². The number of nitrogens with one attached hydrogen (secondary N) is 3. The number of H-pyrrole nitrogens is 1. The molecular formula is C24H24FN7O2. The van der Waals surface area contributed by atoms with Crippen LogP contribution in [0, 0.1) is 5.82 Å². The van der Waals surface area contributed by atoms with Gasteiger partial charge in [0.1, 0.15) is 11.5 Å². The summed E-state index contributed by atoms with van der Waals surface area (Å²) in [6.45, 7) is 0.197. The van der Waals surface area contributed by atoms with Crippen LogP contribution in [-0.4, -0.2) is 52.3 Å². The molecule has 5 N–H and O–H groups in total. The van der Waals surface area contributed by atoms with Crippen molar-refractivity contribution in [3.8, 4) is 0 Å². The van der Waals surface area contributed by atoms with Gasteiger partial charge in [-0.15, -0.1) is 0 Å². The number of amides is 2. The van der Waals surface area contributed by atoms with Crippen molar-refractivity contribution in [1.29, 1.82) is 0 Å². The van der Waals surface area contributed by atoms with Crippen molar-refractivity contribution in [3.05, 3.63) is 77.4 Å². The third-order valence-electron chi connectivity index (χ3n) is 5.09. The van der Waals surface area contributed by atoms with Crippen molar-refractivity contribution < 1.29 is 14.0 Å². The van der Waals surface area contributed by atoms with Crippen molar-refractivity contribution in [2.45, 2.75) is 6.42 Å². The van der Waals surface area contributed by atoms with Crippen LogP contribution in [0.5, 0.6) is 0 Å². The molecule has 4 rings (SSSR count). The fourth-order valence-corrected chi connectivity index (χ4v) is 3.60. The zero-order valence-electron chi connectivity index (χ0n) is 18.7. The van der Waals surface area contributed by atoms with Gasteiger partial charge in [0.15, 0.2) is 0 Å². The smallest absolute Gasteiger partial charge is 0.248 e. The number of anilines is 3. The molecule has 0 saturated heterocycles. The lowest BCUT2D eigenvalue weighted by Gasteiger charge is -2.13. The molecule has 0 radical (unpaired) electrons. The number of aromatic amines is 1. The summed E-state index contributed by atoms with van der Waals surface area (Å²) in [6, 6.07) is 13.1. The zero-order valence-corrected chi connectivity index (χ0v) is 18.7. The monoisotopic (exact) mass is 461 g/mol. The average Bonchev–Trinajstić information content (AvgIpc) is 3.25. The molecule has 174 valence electrons. The summed E-state index contributed by atoms with van der Waals surface area (Å²) in [4.78, 5) is 37.7. The fraction of sp³-hybridized carbons (Fsp3) is 0.167. The predicted octanol–water partition coefficient (Wildman–Crippen LogP) is 3.03. The first kappa shape index (κ1) is 22.9. The van der Waals surface area contributed by atoms with Crippen LogP contribution in [0.15, 0.2) is 54.7 Å². The summed E-state index contributed by atoms with van der Waals surface area (Å²) in [5.74, 6) is -1.11. The maximum Gasteiger partial charge on any atom is 0.248 e. The van der Waals surface area contributed by atoms with Crippen molar-refractivity contribution in [3.63, 3.8) is 0 Å². The highest BCUT2D eigenvalue weighted by Crippen LogP contribution is 2.25. The Morgan fingerprint density at radius 3 is 2.68 bits per heavy atom. The maximum atomic E-state index is 14.5. The summed E-state index contributed by atoms with van der Waals surface area (Å²) >= 11 is 0. The number of hydrogen-bond donors (Lipinski definition) is 4. The van der Waals surface area contributed by atoms with Crippen LogP contribution in [0.1, 0.15) is 21.6 Å². The lowest BCUT2D eigenvalue weighted by atomic mass is 10.0. The average molecular weight is 462 g/mol. The summed E-state index contributed by atoms with van der Waals surface area (Å²) in [5, 5.41) is 6.41. The van der Waals surface area contributed by atoms with E-state index in [9.17, 15) is 14.0 Å². The molecule has 0 unspecified atom stereocenters. The third-order valence-corrected chi connectivity index (χ3v) is 5.09. The van der Waals surface area contributed by atoms with E-state index in [-0.39, 0.29) is 24.1 Å². The highest BCUT2D eigenvalue weighted by Gasteiger charge is 2.15. The van der Waals surface area contributed by atoms with E-state index in [4.69, 9.17) is 5.73 Å². The van der Waals surface area contributed by atoms with Crippen LogP contribution in [0.3, 0.4) is 0 Å². The number of hydrogen-bond acceptors (Lipinski definition) is 6. The molecule has 0 fully saturated rings. The van der Waals surface area contributed by atoms with E-state index >= 15 is 0 Å². The number of nitrogens with two attached hydrogens (primary N) is 1. The van der Waals surface area contributed by atoms with Gasteiger partial charge in [-0.3, -0.25) is 9.59 Å². The third kappa shape index (κ3) is 5.18. The van der Waals surface area contributed by atoms with Crippen LogP contribution in [0.2, 0.25) is 0 Å². The number of aromatic nitrogens is 3. The van der Waals surface area contributed by atoms with Crippen LogP contribution < -0.4 is 16.4 Å². The maximum absolute atomic E-state index is 14.5. The van der Waals surface area contributed by atoms with Gasteiger partial charge in [-0.25, -0.2) is 9.37 Å². The zero-order chi connectivity index (χ0) is 24.2. The molecule has 2 aromatic carbocycles. The number of rotatable bonds is 8. The quantitative estimate of drug-likeness (QED) is 0.319. The van der Waals surface area contributed by atoms with Gasteiger partial charge in [0, 0.05) is 29.3 Å². The van der Waals surface area contributed by atoms with Crippen molar-refractivity contribution in [1.82, 2.24) is 19.9 Å². The number of likely N-dealkylation sites (N-methyl/N-ethyl adjacent to an activating group) is 1. The summed E-state index contributed by atoms with van der Waals surface area (Å²) in [6.07, 6.45) is 2.06. The van der Waals surface area contributed by atoms with E-state index in [1.165, 1.54) is 18.2 Å². The Hall–Kier alpha value is -4.31. The van der Waals surface area contributed by atoms with Crippen LogP contribution in [0.25, 0.3) is 11.0 Å². The van der Waals surface area contributed by atoms with E-state index in [1.807, 2.05) is 18.2 Å². The van der Waals surface area contributed by atoms with Gasteiger partial charge in [0.2, 0.25) is 17.8 Å². The molecule has 4 aromatic rings. The number of carbonyl (C=O) groups is 2. The topological polar surface area (TPSA) is 129 Å². The second-order valence-corrected chi connectivity index (χ2v) is 8.04. The number of fused-ring (bicyclic) bond motifs is 1. The van der Waals surface area contributed by atoms with E-state index in [0.717, 1.165) is 10.9 Å². The second kappa shape index (κ2) is 9.67. The fourth-order valence-electron chi connectivity index (χ4n) is 3.60. The molecule has 0 bridgehead atoms. The highest BCUT2D eigenvalue weighted by atomic mass is 19.1. The van der Waals surface area contributed by atoms with Crippen LogP contribution in [0.4, 0.5) is 21.7 Å². The van der Waals surface area contributed by atoms with Crippen LogP contribution >= 0.6 is 0 Å². The van der Waals surface area contributed by atoms with E-state index in [2.05, 4.69) is 25.6 Å². The number of primary amides is 1. The largest absolute Gasteiger partial charge is 0.366 e. The molecule has 0 aliphatic rings. The van der Waals surface area contributed by atoms with E-state index < -0.39 is 11.7 Å². The van der Waals surface area contributed by atoms with E-state index in [0.29, 0.717) is 29.0 Å². The standard InChI is InChI=1S/C24H24FN7O2/c1-32(2)13-21(33)28-15-7-8-18(25)20(12-15)30-24-29-19(17-9-10-27-23(17)31-24)11-14-5-3-4-6-16(14)22(26)34/h3-10,12H,11,13H2,1-2H3,(H2,26,34)(H,28,33)(H2,27,29,30,31). The molecule has 9 nitrogen and oxygen atoms in total. The van der Waals surface area contributed by atoms with Crippen molar-refractivity contribution >= 4 is 40.2 Å². The normalized spacial score (nSPS) is 11.1. The Balaban J connectivity index is 1.65. The lowest BCUT2D eigenvalue weighted by molar-refractivity contribution is -0.116. The molecule has 2 heterocycles. The molecule has 0 aliphatic carbocycles. The first-order chi connectivity index (χ1) is 16.3. The molecule has 0 spiro atoms. The number of carbonyl (C=O) groups excluding carboxylic acids is 2. The van der Waals surface area contributed by atoms with Gasteiger partial charge in [-0.05, 0) is 50.0 Å². The number of nitrogens with zero attached hydrogens (tertiary/aromatic N) is 3. The summed E-state index contributed by atoms with van der Waals surface area (Å²) in [5.41, 5.74) is 8.39. The molecule has 2 aromatic heterocycles. The summed E-state index contributed by atoms with van der Waals surface area (Å²) < 4.78 is 14.5. The molecule has 0 aliphatic heterocycles. The minimum Gasteiger partial charge on any atom is -0.366 e. The molecule has 2 amide bonds. The first-order valence-corrected chi connectivity index (χ1v) is 10.5. The van der Waals surface area contributed by atoms with Gasteiger partial charge in [-0.1, -0.05) is 18.2 Å². The van der Waals surface area contributed by atoms with Crippen molar-refractivity contribution in [2.75, 3.05) is 31.3 Å². The van der Waals surface area contributed by atoms with Gasteiger partial charge in [-0.2, -0.15) is 4.98 Å². The Morgan fingerprint density at radius 2 is 1.91 bits per heavy atom. The molecule has 10 heteroatoms. The van der Waals surface area contributed by atoms with Crippen molar-refractivity contribution in [2.24, 2.45) is 5.73 Å². The number of benzene rings is 2. The lowest BCUT2D eigenvalue weighted by Crippen LogP contribution is -2.27. The predicted molar refractivity (Wildman–Crippen MR) is 129 cm³/mol. The second-order valence-electron chi connectivity index (χ2n) is 8.04. The van der Waals surface area contributed by atoms with Gasteiger partial charge in [0.05, 0.1) is 17.9 Å². The van der Waals surface area contributed by atoms with Crippen LogP contribution in [-0.2, 0) is 11.2 Å². The molecule has 0 atom stereocenters. The SMILES string of the molecule is CN(C)CC(=O)Nc1ccc(F)c(Nc2nc(Cc3ccccc3C(N)=O)c3cc[nH]c3n2)c1. The van der Waals surface area contributed by atoms with Gasteiger partial charge >= 0.3 is 0 Å². The molecular weight excluding hydrogens is 437 g/mol. The van der Waals surface area contributed by atoms with E-state index in [1.54, 1.807) is 37.3 Å². The Morgan fingerprint density at radius 1 is 1.12 bits per heavy atom. The Bertz CT molecular complexity index is 1370. The number of halogens is 1. The first-order valence-electron chi connectivity index (χ1n) is 10.5. The minimum absolute atomic E-state index is 0.108.